The van der Waals surface area contributed by atoms with Crippen molar-refractivity contribution in [1.82, 2.24) is 5.32 Å². The molecular formula is C22H35NOS. The van der Waals surface area contributed by atoms with Gasteiger partial charge in [0.1, 0.15) is 0 Å². The number of allylic oxidation sites excluding steroid dienone is 10. The highest BCUT2D eigenvalue weighted by Gasteiger charge is 1.97. The van der Waals surface area contributed by atoms with Crippen molar-refractivity contribution in [2.75, 3.05) is 12.3 Å². The maximum absolute atomic E-state index is 11.4. The number of hydrogen-bond donors (Lipinski definition) is 2. The quantitative estimate of drug-likeness (QED) is 0.210. The van der Waals surface area contributed by atoms with Gasteiger partial charge in [-0.3, -0.25) is 4.79 Å². The average Bonchev–Trinajstić information content (AvgIpc) is 2.62. The van der Waals surface area contributed by atoms with Crippen LogP contribution in [0.15, 0.2) is 60.8 Å². The molecule has 0 rings (SSSR count). The second kappa shape index (κ2) is 20.6. The van der Waals surface area contributed by atoms with E-state index in [1.165, 1.54) is 0 Å². The van der Waals surface area contributed by atoms with Crippen molar-refractivity contribution < 1.29 is 4.79 Å². The maximum Gasteiger partial charge on any atom is 0.220 e. The Hall–Kier alpha value is -1.48. The molecule has 0 atom stereocenters. The van der Waals surface area contributed by atoms with E-state index >= 15 is 0 Å². The zero-order valence-electron chi connectivity index (χ0n) is 15.7. The molecule has 1 N–H and O–H groups in total. The third-order valence-corrected chi connectivity index (χ3v) is 3.59. The largest absolute Gasteiger partial charge is 0.355 e. The molecule has 25 heavy (non-hydrogen) atoms. The summed E-state index contributed by atoms with van der Waals surface area (Å²) in [6.45, 7) is 2.81. The zero-order chi connectivity index (χ0) is 18.4. The Morgan fingerprint density at radius 3 is 1.76 bits per heavy atom. The van der Waals surface area contributed by atoms with Gasteiger partial charge in [0.05, 0.1) is 0 Å². The molecule has 0 aromatic heterocycles. The van der Waals surface area contributed by atoms with Gasteiger partial charge in [-0.1, -0.05) is 67.7 Å². The monoisotopic (exact) mass is 361 g/mol. The normalized spacial score (nSPS) is 12.6. The van der Waals surface area contributed by atoms with Crippen LogP contribution in [0.2, 0.25) is 0 Å². The Kier molecular flexibility index (Phi) is 19.3. The van der Waals surface area contributed by atoms with Gasteiger partial charge in [0, 0.05) is 18.7 Å². The first-order valence-electron chi connectivity index (χ1n) is 9.43. The lowest BCUT2D eigenvalue weighted by atomic mass is 10.2. The van der Waals surface area contributed by atoms with Gasteiger partial charge in [-0.05, 0) is 44.9 Å². The standard InChI is InChI=1S/C22H35NOS/c1-2-3-4-5-6-7-8-9-10-11-12-13-14-15-16-17-18-19-22(24)23-20-21-25/h3-4,6-7,9-10,12-13,15-16,25H,2,5,8,11,14,17-21H2,1H3,(H,23,24)/b4-3-,7-6-,10-9-,13-12-,16-15-. The smallest absolute Gasteiger partial charge is 0.220 e. The lowest BCUT2D eigenvalue weighted by Crippen LogP contribution is -2.24. The van der Waals surface area contributed by atoms with Crippen LogP contribution < -0.4 is 5.32 Å². The highest BCUT2D eigenvalue weighted by molar-refractivity contribution is 7.80. The van der Waals surface area contributed by atoms with Gasteiger partial charge in [-0.2, -0.15) is 12.6 Å². The molecule has 3 heteroatoms. The molecule has 0 aliphatic carbocycles. The number of carbonyl (C=O) groups is 1. The zero-order valence-corrected chi connectivity index (χ0v) is 16.6. The van der Waals surface area contributed by atoms with Crippen LogP contribution in [-0.4, -0.2) is 18.2 Å². The SMILES string of the molecule is CC/C=C\C/C=C\C/C=C\C/C=C\C/C=C\CCCC(=O)NCCS. The molecule has 0 aliphatic rings. The summed E-state index contributed by atoms with van der Waals surface area (Å²) >= 11 is 4.06. The average molecular weight is 362 g/mol. The Morgan fingerprint density at radius 1 is 0.800 bits per heavy atom. The van der Waals surface area contributed by atoms with E-state index in [1.807, 2.05) is 0 Å². The van der Waals surface area contributed by atoms with Crippen LogP contribution >= 0.6 is 12.6 Å². The van der Waals surface area contributed by atoms with Crippen molar-refractivity contribution in [3.8, 4) is 0 Å². The number of carbonyl (C=O) groups excluding carboxylic acids is 1. The van der Waals surface area contributed by atoms with Crippen molar-refractivity contribution in [1.29, 1.82) is 0 Å². The molecule has 0 radical (unpaired) electrons. The maximum atomic E-state index is 11.4. The number of amides is 1. The number of hydrogen-bond acceptors (Lipinski definition) is 2. The number of thiol groups is 1. The molecule has 0 heterocycles. The highest BCUT2D eigenvalue weighted by Crippen LogP contribution is 1.99. The molecule has 0 aliphatic heterocycles. The first-order chi connectivity index (χ1) is 12.3. The first kappa shape index (κ1) is 23.5. The van der Waals surface area contributed by atoms with Crippen LogP contribution in [0.3, 0.4) is 0 Å². The minimum atomic E-state index is 0.126. The van der Waals surface area contributed by atoms with Gasteiger partial charge in [0.2, 0.25) is 5.91 Å². The van der Waals surface area contributed by atoms with E-state index in [0.717, 1.165) is 44.9 Å². The molecule has 1 amide bonds. The van der Waals surface area contributed by atoms with Crippen LogP contribution in [0.1, 0.15) is 58.3 Å². The summed E-state index contributed by atoms with van der Waals surface area (Å²) < 4.78 is 0. The Labute approximate surface area is 160 Å². The fourth-order valence-electron chi connectivity index (χ4n) is 2.03. The van der Waals surface area contributed by atoms with E-state index in [4.69, 9.17) is 0 Å². The molecule has 0 bridgehead atoms. The van der Waals surface area contributed by atoms with E-state index in [9.17, 15) is 4.79 Å². The fourth-order valence-corrected chi connectivity index (χ4v) is 2.14. The predicted octanol–water partition coefficient (Wildman–Crippen LogP) is 5.95. The number of nitrogens with one attached hydrogen (secondary N) is 1. The summed E-state index contributed by atoms with van der Waals surface area (Å²) in [6.07, 6.45) is 29.5. The van der Waals surface area contributed by atoms with E-state index in [-0.39, 0.29) is 5.91 Å². The van der Waals surface area contributed by atoms with Crippen LogP contribution in [0, 0.1) is 0 Å². The lowest BCUT2D eigenvalue weighted by molar-refractivity contribution is -0.121. The summed E-state index contributed by atoms with van der Waals surface area (Å²) in [5, 5.41) is 2.82. The molecule has 0 fully saturated rings. The molecule has 2 nitrogen and oxygen atoms in total. The van der Waals surface area contributed by atoms with Crippen LogP contribution in [-0.2, 0) is 4.79 Å². The second-order valence-electron chi connectivity index (χ2n) is 5.67. The number of unbranched alkanes of at least 4 members (excludes halogenated alkanes) is 1. The van der Waals surface area contributed by atoms with Gasteiger partial charge in [0.15, 0.2) is 0 Å². The van der Waals surface area contributed by atoms with E-state index in [1.54, 1.807) is 0 Å². The molecule has 0 saturated carbocycles. The van der Waals surface area contributed by atoms with Crippen LogP contribution in [0.25, 0.3) is 0 Å². The lowest BCUT2D eigenvalue weighted by Gasteiger charge is -2.00. The molecule has 0 aromatic carbocycles. The second-order valence-corrected chi connectivity index (χ2v) is 6.12. The van der Waals surface area contributed by atoms with Gasteiger partial charge in [-0.25, -0.2) is 0 Å². The van der Waals surface area contributed by atoms with E-state index in [0.29, 0.717) is 18.7 Å². The summed E-state index contributed by atoms with van der Waals surface area (Å²) in [4.78, 5) is 11.4. The van der Waals surface area contributed by atoms with Crippen LogP contribution in [0.5, 0.6) is 0 Å². The minimum Gasteiger partial charge on any atom is -0.355 e. The van der Waals surface area contributed by atoms with Crippen molar-refractivity contribution >= 4 is 18.5 Å². The van der Waals surface area contributed by atoms with Gasteiger partial charge >= 0.3 is 0 Å². The number of rotatable bonds is 15. The summed E-state index contributed by atoms with van der Waals surface area (Å²) in [6, 6.07) is 0. The molecule has 0 saturated heterocycles. The van der Waals surface area contributed by atoms with Gasteiger partial charge in [-0.15, -0.1) is 0 Å². The van der Waals surface area contributed by atoms with E-state index in [2.05, 4.69) is 85.6 Å². The van der Waals surface area contributed by atoms with Crippen molar-refractivity contribution in [3.05, 3.63) is 60.8 Å². The summed E-state index contributed by atoms with van der Waals surface area (Å²) in [7, 11) is 0. The van der Waals surface area contributed by atoms with Crippen molar-refractivity contribution in [2.24, 2.45) is 0 Å². The minimum absolute atomic E-state index is 0.126. The van der Waals surface area contributed by atoms with Crippen LogP contribution in [0.4, 0.5) is 0 Å². The third kappa shape index (κ3) is 20.5. The Balaban J connectivity index is 3.49. The van der Waals surface area contributed by atoms with E-state index < -0.39 is 0 Å². The third-order valence-electron chi connectivity index (χ3n) is 3.37. The molecular weight excluding hydrogens is 326 g/mol. The Morgan fingerprint density at radius 2 is 1.28 bits per heavy atom. The van der Waals surface area contributed by atoms with Gasteiger partial charge < -0.3 is 5.32 Å². The molecule has 140 valence electrons. The fraction of sp³-hybridized carbons (Fsp3) is 0.500. The molecule has 0 spiro atoms. The first-order valence-corrected chi connectivity index (χ1v) is 10.1. The van der Waals surface area contributed by atoms with Gasteiger partial charge in [0.25, 0.3) is 0 Å². The molecule has 0 aromatic rings. The summed E-state index contributed by atoms with van der Waals surface area (Å²) in [5.41, 5.74) is 0. The van der Waals surface area contributed by atoms with Crippen molar-refractivity contribution in [3.63, 3.8) is 0 Å². The highest BCUT2D eigenvalue weighted by atomic mass is 32.1. The van der Waals surface area contributed by atoms with Crippen molar-refractivity contribution in [2.45, 2.75) is 58.3 Å². The topological polar surface area (TPSA) is 29.1 Å². The molecule has 0 unspecified atom stereocenters. The predicted molar refractivity (Wildman–Crippen MR) is 115 cm³/mol. The Bertz CT molecular complexity index is 447. The summed E-state index contributed by atoms with van der Waals surface area (Å²) in [5.74, 6) is 0.821.